The van der Waals surface area contributed by atoms with Crippen molar-refractivity contribution in [3.05, 3.63) is 0 Å². The van der Waals surface area contributed by atoms with Crippen LogP contribution in [0.4, 0.5) is 13.2 Å². The Morgan fingerprint density at radius 3 is 2.50 bits per heavy atom. The molecule has 0 amide bonds. The molecule has 0 aromatic rings. The Bertz CT molecular complexity index is 369. The number of rotatable bonds is 6. The Kier molecular flexibility index (Phi) is 5.38. The Morgan fingerprint density at radius 2 is 2.05 bits per heavy atom. The van der Waals surface area contributed by atoms with Gasteiger partial charge in [0.05, 0.1) is 13.2 Å². The summed E-state index contributed by atoms with van der Waals surface area (Å²) >= 11 is 0. The van der Waals surface area contributed by atoms with Crippen LogP contribution in [0.25, 0.3) is 0 Å². The van der Waals surface area contributed by atoms with Crippen molar-refractivity contribution >= 4 is 11.9 Å². The summed E-state index contributed by atoms with van der Waals surface area (Å²) in [5.74, 6) is -1.85. The highest BCUT2D eigenvalue weighted by Gasteiger charge is 2.56. The topological polar surface area (TPSA) is 61.8 Å². The number of hydrogen-bond acceptors (Lipinski definition) is 5. The van der Waals surface area contributed by atoms with Crippen molar-refractivity contribution in [3.63, 3.8) is 0 Å². The molecule has 8 heteroatoms. The number of ether oxygens (including phenoxy) is 3. The summed E-state index contributed by atoms with van der Waals surface area (Å²) in [5.41, 5.74) is -2.53. The lowest BCUT2D eigenvalue weighted by Crippen LogP contribution is -2.43. The van der Waals surface area contributed by atoms with E-state index < -0.39 is 36.1 Å². The summed E-state index contributed by atoms with van der Waals surface area (Å²) in [7, 11) is 0. The number of alkyl halides is 3. The highest BCUT2D eigenvalue weighted by Crippen LogP contribution is 2.41. The average Bonchev–Trinajstić information content (AvgIpc) is 2.77. The number of carbonyl (C=O) groups is 2. The van der Waals surface area contributed by atoms with Crippen molar-refractivity contribution < 1.29 is 37.0 Å². The predicted octanol–water partition coefficient (Wildman–Crippen LogP) is 1.84. The van der Waals surface area contributed by atoms with E-state index in [0.717, 1.165) is 6.92 Å². The molecule has 0 N–H and O–H groups in total. The van der Waals surface area contributed by atoms with E-state index in [1.165, 1.54) is 6.92 Å². The van der Waals surface area contributed by atoms with Gasteiger partial charge in [-0.1, -0.05) is 6.92 Å². The fourth-order valence-electron chi connectivity index (χ4n) is 1.57. The Hall–Kier alpha value is -1.31. The van der Waals surface area contributed by atoms with Gasteiger partial charge in [-0.2, -0.15) is 13.2 Å². The van der Waals surface area contributed by atoms with Crippen LogP contribution in [0, 0.1) is 5.41 Å². The molecule has 2 unspecified atom stereocenters. The third-order valence-corrected chi connectivity index (χ3v) is 3.31. The van der Waals surface area contributed by atoms with Crippen molar-refractivity contribution in [2.45, 2.75) is 39.0 Å². The van der Waals surface area contributed by atoms with E-state index in [-0.39, 0.29) is 19.8 Å². The third kappa shape index (κ3) is 3.62. The second-order valence-corrected chi connectivity index (χ2v) is 4.63. The normalized spacial score (nSPS) is 22.2. The van der Waals surface area contributed by atoms with Crippen LogP contribution in [0.1, 0.15) is 26.7 Å². The number of cyclic esters (lactones) is 1. The van der Waals surface area contributed by atoms with Crippen molar-refractivity contribution in [1.82, 2.24) is 0 Å². The molecule has 1 aliphatic rings. The first-order valence-corrected chi connectivity index (χ1v) is 6.24. The molecule has 0 bridgehead atoms. The minimum absolute atomic E-state index is 0.150. The fraction of sp³-hybridized carbons (Fsp3) is 0.833. The van der Waals surface area contributed by atoms with Crippen LogP contribution in [-0.4, -0.2) is 44.0 Å². The summed E-state index contributed by atoms with van der Waals surface area (Å²) in [6.45, 7) is 1.83. The minimum atomic E-state index is -4.67. The summed E-state index contributed by atoms with van der Waals surface area (Å²) in [6, 6.07) is 0. The van der Waals surface area contributed by atoms with Gasteiger partial charge in [0.15, 0.2) is 11.5 Å². The smallest absolute Gasteiger partial charge is 0.404 e. The van der Waals surface area contributed by atoms with Gasteiger partial charge >= 0.3 is 18.1 Å². The lowest BCUT2D eigenvalue weighted by atomic mass is 9.87. The van der Waals surface area contributed by atoms with Crippen LogP contribution in [0.5, 0.6) is 0 Å². The first-order chi connectivity index (χ1) is 9.22. The molecule has 1 rings (SSSR count). The molecule has 0 spiro atoms. The van der Waals surface area contributed by atoms with Gasteiger partial charge in [0.25, 0.3) is 0 Å². The Morgan fingerprint density at radius 1 is 1.40 bits per heavy atom. The van der Waals surface area contributed by atoms with Crippen LogP contribution in [0.2, 0.25) is 0 Å². The molecule has 2 atom stereocenters. The van der Waals surface area contributed by atoms with Crippen LogP contribution in [-0.2, 0) is 23.8 Å². The van der Waals surface area contributed by atoms with E-state index in [2.05, 4.69) is 9.47 Å². The maximum atomic E-state index is 12.8. The molecule has 20 heavy (non-hydrogen) atoms. The zero-order valence-electron chi connectivity index (χ0n) is 11.3. The maximum absolute atomic E-state index is 12.8. The van der Waals surface area contributed by atoms with Gasteiger partial charge in [-0.05, 0) is 13.3 Å². The van der Waals surface area contributed by atoms with Crippen molar-refractivity contribution in [2.24, 2.45) is 5.41 Å². The molecule has 116 valence electrons. The van der Waals surface area contributed by atoms with E-state index in [4.69, 9.17) is 4.74 Å². The highest BCUT2D eigenvalue weighted by atomic mass is 19.4. The standard InChI is InChI=1S/C12H17F3O5/c1-3-11(2,12(13,14)15)10(17)20-7-6-18-8-4-5-19-9(8)16/h8H,3-7H2,1-2H3. The maximum Gasteiger partial charge on any atom is 0.404 e. The lowest BCUT2D eigenvalue weighted by molar-refractivity contribution is -0.231. The molecule has 0 aromatic heterocycles. The van der Waals surface area contributed by atoms with Crippen molar-refractivity contribution in [1.29, 1.82) is 0 Å². The lowest BCUT2D eigenvalue weighted by Gasteiger charge is -2.28. The van der Waals surface area contributed by atoms with E-state index in [1.54, 1.807) is 0 Å². The number of esters is 2. The Labute approximate surface area is 114 Å². The molecular weight excluding hydrogens is 281 g/mol. The number of halogens is 3. The third-order valence-electron chi connectivity index (χ3n) is 3.31. The first-order valence-electron chi connectivity index (χ1n) is 6.24. The minimum Gasteiger partial charge on any atom is -0.464 e. The summed E-state index contributed by atoms with van der Waals surface area (Å²) in [4.78, 5) is 22.5. The van der Waals surface area contributed by atoms with E-state index in [9.17, 15) is 22.8 Å². The Balaban J connectivity index is 2.37. The molecule has 0 aromatic carbocycles. The van der Waals surface area contributed by atoms with Crippen LogP contribution in [0.15, 0.2) is 0 Å². The quantitative estimate of drug-likeness (QED) is 0.553. The van der Waals surface area contributed by atoms with Gasteiger partial charge in [-0.3, -0.25) is 4.79 Å². The largest absolute Gasteiger partial charge is 0.464 e. The van der Waals surface area contributed by atoms with Gasteiger partial charge in [0.1, 0.15) is 6.61 Å². The first kappa shape index (κ1) is 16.7. The molecule has 1 heterocycles. The van der Waals surface area contributed by atoms with Crippen LogP contribution < -0.4 is 0 Å². The van der Waals surface area contributed by atoms with E-state index in [1.807, 2.05) is 0 Å². The second kappa shape index (κ2) is 6.43. The molecular formula is C12H17F3O5. The van der Waals surface area contributed by atoms with E-state index in [0.29, 0.717) is 6.42 Å². The molecule has 5 nitrogen and oxygen atoms in total. The molecule has 0 aliphatic carbocycles. The monoisotopic (exact) mass is 298 g/mol. The van der Waals surface area contributed by atoms with Gasteiger partial charge in [0, 0.05) is 6.42 Å². The summed E-state index contributed by atoms with van der Waals surface area (Å²) in [5, 5.41) is 0. The zero-order valence-corrected chi connectivity index (χ0v) is 11.3. The zero-order chi connectivity index (χ0) is 15.4. The highest BCUT2D eigenvalue weighted by molar-refractivity contribution is 5.77. The average molecular weight is 298 g/mol. The van der Waals surface area contributed by atoms with Gasteiger partial charge in [-0.25, -0.2) is 4.79 Å². The van der Waals surface area contributed by atoms with Crippen molar-refractivity contribution in [3.8, 4) is 0 Å². The van der Waals surface area contributed by atoms with E-state index >= 15 is 0 Å². The number of carbonyl (C=O) groups excluding carboxylic acids is 2. The van der Waals surface area contributed by atoms with Crippen LogP contribution in [0.3, 0.4) is 0 Å². The van der Waals surface area contributed by atoms with Gasteiger partial charge in [0.2, 0.25) is 0 Å². The van der Waals surface area contributed by atoms with Crippen LogP contribution >= 0.6 is 0 Å². The summed E-state index contributed by atoms with van der Waals surface area (Å²) in [6.07, 6.45) is -5.42. The molecule has 1 aliphatic heterocycles. The molecule has 1 fully saturated rings. The summed E-state index contributed by atoms with van der Waals surface area (Å²) < 4.78 is 52.6. The van der Waals surface area contributed by atoms with Gasteiger partial charge in [-0.15, -0.1) is 0 Å². The molecule has 0 saturated carbocycles. The SMILES string of the molecule is CCC(C)(C(=O)OCCOC1CCOC1=O)C(F)(F)F. The predicted molar refractivity (Wildman–Crippen MR) is 60.7 cm³/mol. The number of hydrogen-bond donors (Lipinski definition) is 0. The molecule has 0 radical (unpaired) electrons. The molecule has 1 saturated heterocycles. The fourth-order valence-corrected chi connectivity index (χ4v) is 1.57. The van der Waals surface area contributed by atoms with Gasteiger partial charge < -0.3 is 14.2 Å². The van der Waals surface area contributed by atoms with Crippen molar-refractivity contribution in [2.75, 3.05) is 19.8 Å². The second-order valence-electron chi connectivity index (χ2n) is 4.63.